The van der Waals surface area contributed by atoms with E-state index in [-0.39, 0.29) is 11.6 Å². The lowest BCUT2D eigenvalue weighted by Crippen LogP contribution is -2.49. The SMILES string of the molecule is O=C(CSc1nnc(-c2ccco2)n1C1CCCCC1)N1CCN(c2ccc([N+](=O)[O-])cc2)CC1. The lowest BCUT2D eigenvalue weighted by atomic mass is 9.95. The standard InChI is InChI=1S/C24H28N6O4S/c31-22(28-14-12-27(13-15-28)18-8-10-20(11-9-18)30(32)33)17-35-24-26-25-23(21-7-4-16-34-21)29(24)19-5-2-1-3-6-19/h4,7-11,16,19H,1-3,5-6,12-15,17H2. The fourth-order valence-electron chi connectivity index (χ4n) is 4.83. The Hall–Kier alpha value is -3.34. The number of thioether (sulfide) groups is 1. The van der Waals surface area contributed by atoms with Gasteiger partial charge in [0.1, 0.15) is 0 Å². The molecule has 1 saturated heterocycles. The number of amides is 1. The number of nitro benzene ring substituents is 1. The summed E-state index contributed by atoms with van der Waals surface area (Å²) < 4.78 is 7.77. The van der Waals surface area contributed by atoms with E-state index >= 15 is 0 Å². The van der Waals surface area contributed by atoms with E-state index < -0.39 is 4.92 Å². The van der Waals surface area contributed by atoms with Crippen LogP contribution in [0.15, 0.2) is 52.2 Å². The van der Waals surface area contributed by atoms with Gasteiger partial charge in [0.05, 0.1) is 16.9 Å². The monoisotopic (exact) mass is 496 g/mol. The third kappa shape index (κ3) is 5.19. The molecule has 11 heteroatoms. The minimum Gasteiger partial charge on any atom is -0.461 e. The van der Waals surface area contributed by atoms with Gasteiger partial charge >= 0.3 is 0 Å². The molecule has 0 unspecified atom stereocenters. The van der Waals surface area contributed by atoms with E-state index in [0.29, 0.717) is 43.7 Å². The first kappa shape index (κ1) is 23.4. The predicted octanol–water partition coefficient (Wildman–Crippen LogP) is 4.39. The second kappa shape index (κ2) is 10.5. The zero-order valence-electron chi connectivity index (χ0n) is 19.4. The van der Waals surface area contributed by atoms with Gasteiger partial charge in [0.25, 0.3) is 5.69 Å². The Labute approximate surface area is 207 Å². The smallest absolute Gasteiger partial charge is 0.269 e. The molecule has 0 spiro atoms. The molecule has 1 amide bonds. The molecule has 0 N–H and O–H groups in total. The molecular weight excluding hydrogens is 468 g/mol. The van der Waals surface area contributed by atoms with E-state index in [1.54, 1.807) is 18.4 Å². The number of benzene rings is 1. The van der Waals surface area contributed by atoms with Crippen LogP contribution in [0.5, 0.6) is 0 Å². The molecule has 1 aliphatic heterocycles. The number of piperazine rings is 1. The number of nitrogens with zero attached hydrogens (tertiary/aromatic N) is 6. The average molecular weight is 497 g/mol. The summed E-state index contributed by atoms with van der Waals surface area (Å²) in [4.78, 5) is 27.5. The molecule has 1 aliphatic carbocycles. The molecule has 0 atom stereocenters. The van der Waals surface area contributed by atoms with Crippen LogP contribution in [0, 0.1) is 10.1 Å². The highest BCUT2D eigenvalue weighted by Crippen LogP contribution is 2.35. The summed E-state index contributed by atoms with van der Waals surface area (Å²) in [6.45, 7) is 2.61. The molecule has 10 nitrogen and oxygen atoms in total. The van der Waals surface area contributed by atoms with Gasteiger partial charge < -0.3 is 14.2 Å². The summed E-state index contributed by atoms with van der Waals surface area (Å²) in [6, 6.07) is 10.6. The Balaban J connectivity index is 1.20. The van der Waals surface area contributed by atoms with Crippen LogP contribution in [-0.2, 0) is 4.79 Å². The minimum atomic E-state index is -0.398. The van der Waals surface area contributed by atoms with Crippen LogP contribution in [-0.4, -0.2) is 62.4 Å². The van der Waals surface area contributed by atoms with E-state index in [2.05, 4.69) is 19.7 Å². The van der Waals surface area contributed by atoms with Gasteiger partial charge in [0.2, 0.25) is 11.7 Å². The van der Waals surface area contributed by atoms with Crippen molar-refractivity contribution in [3.05, 3.63) is 52.8 Å². The Morgan fingerprint density at radius 3 is 2.46 bits per heavy atom. The number of nitro groups is 1. The number of aromatic nitrogens is 3. The van der Waals surface area contributed by atoms with Crippen LogP contribution in [0.4, 0.5) is 11.4 Å². The average Bonchev–Trinajstić information content (AvgIpc) is 3.58. The van der Waals surface area contributed by atoms with Crippen LogP contribution in [0.3, 0.4) is 0 Å². The quantitative estimate of drug-likeness (QED) is 0.269. The molecule has 3 aromatic rings. The Morgan fingerprint density at radius 2 is 1.80 bits per heavy atom. The number of furan rings is 1. The maximum atomic E-state index is 13.0. The summed E-state index contributed by atoms with van der Waals surface area (Å²) in [7, 11) is 0. The molecule has 0 radical (unpaired) electrons. The third-order valence-corrected chi connectivity index (χ3v) is 7.66. The molecule has 5 rings (SSSR count). The predicted molar refractivity (Wildman–Crippen MR) is 132 cm³/mol. The maximum Gasteiger partial charge on any atom is 0.269 e. The van der Waals surface area contributed by atoms with Crippen molar-refractivity contribution in [1.82, 2.24) is 19.7 Å². The first-order chi connectivity index (χ1) is 17.1. The molecule has 3 heterocycles. The van der Waals surface area contributed by atoms with Crippen molar-refractivity contribution in [3.8, 4) is 11.6 Å². The van der Waals surface area contributed by atoms with E-state index in [9.17, 15) is 14.9 Å². The van der Waals surface area contributed by atoms with Crippen molar-refractivity contribution < 1.29 is 14.1 Å². The van der Waals surface area contributed by atoms with Gasteiger partial charge in [0, 0.05) is 50.0 Å². The summed E-state index contributed by atoms with van der Waals surface area (Å²) in [5.41, 5.74) is 1.01. The minimum absolute atomic E-state index is 0.0795. The number of carbonyl (C=O) groups is 1. The molecule has 2 fully saturated rings. The number of carbonyl (C=O) groups excluding carboxylic acids is 1. The number of non-ortho nitro benzene ring substituents is 1. The molecule has 1 aromatic carbocycles. The van der Waals surface area contributed by atoms with Crippen LogP contribution < -0.4 is 4.90 Å². The summed E-state index contributed by atoms with van der Waals surface area (Å²) >= 11 is 1.44. The van der Waals surface area contributed by atoms with E-state index in [0.717, 1.165) is 29.5 Å². The fourth-order valence-corrected chi connectivity index (χ4v) is 5.74. The fraction of sp³-hybridized carbons (Fsp3) is 0.458. The Morgan fingerprint density at radius 1 is 1.06 bits per heavy atom. The van der Waals surface area contributed by atoms with Crippen LogP contribution in [0.1, 0.15) is 38.1 Å². The van der Waals surface area contributed by atoms with Crippen molar-refractivity contribution in [2.75, 3.05) is 36.8 Å². The number of anilines is 1. The van der Waals surface area contributed by atoms with Gasteiger partial charge in [-0.15, -0.1) is 10.2 Å². The van der Waals surface area contributed by atoms with Crippen LogP contribution >= 0.6 is 11.8 Å². The number of rotatable bonds is 7. The summed E-state index contributed by atoms with van der Waals surface area (Å²) in [6.07, 6.45) is 7.42. The van der Waals surface area contributed by atoms with Crippen molar-refractivity contribution >= 4 is 29.0 Å². The third-order valence-electron chi connectivity index (χ3n) is 6.73. The van der Waals surface area contributed by atoms with E-state index in [1.807, 2.05) is 17.0 Å². The molecule has 184 valence electrons. The highest BCUT2D eigenvalue weighted by atomic mass is 32.2. The zero-order valence-corrected chi connectivity index (χ0v) is 20.2. The van der Waals surface area contributed by atoms with Crippen LogP contribution in [0.25, 0.3) is 11.6 Å². The second-order valence-corrected chi connectivity index (χ2v) is 9.82. The van der Waals surface area contributed by atoms with Gasteiger partial charge in [-0.05, 0) is 37.1 Å². The first-order valence-electron chi connectivity index (χ1n) is 12.0. The molecule has 2 aromatic heterocycles. The van der Waals surface area contributed by atoms with Crippen LogP contribution in [0.2, 0.25) is 0 Å². The zero-order chi connectivity index (χ0) is 24.2. The van der Waals surface area contributed by atoms with Crippen molar-refractivity contribution in [1.29, 1.82) is 0 Å². The molecular formula is C24H28N6O4S. The molecule has 2 aliphatic rings. The lowest BCUT2D eigenvalue weighted by Gasteiger charge is -2.36. The van der Waals surface area contributed by atoms with Gasteiger partial charge in [0.15, 0.2) is 10.9 Å². The van der Waals surface area contributed by atoms with E-state index in [4.69, 9.17) is 4.42 Å². The highest BCUT2D eigenvalue weighted by molar-refractivity contribution is 7.99. The van der Waals surface area contributed by atoms with Gasteiger partial charge in [-0.1, -0.05) is 31.0 Å². The molecule has 35 heavy (non-hydrogen) atoms. The van der Waals surface area contributed by atoms with Crippen molar-refractivity contribution in [3.63, 3.8) is 0 Å². The van der Waals surface area contributed by atoms with Gasteiger partial charge in [-0.2, -0.15) is 0 Å². The second-order valence-electron chi connectivity index (χ2n) is 8.88. The van der Waals surface area contributed by atoms with Gasteiger partial charge in [-0.25, -0.2) is 0 Å². The topological polar surface area (TPSA) is 111 Å². The number of hydrogen-bond donors (Lipinski definition) is 0. The lowest BCUT2D eigenvalue weighted by molar-refractivity contribution is -0.384. The Kier molecular flexibility index (Phi) is 7.03. The normalized spacial score (nSPS) is 17.0. The van der Waals surface area contributed by atoms with Crippen molar-refractivity contribution in [2.24, 2.45) is 0 Å². The highest BCUT2D eigenvalue weighted by Gasteiger charge is 2.27. The summed E-state index contributed by atoms with van der Waals surface area (Å²) in [5, 5.41) is 20.5. The largest absolute Gasteiger partial charge is 0.461 e. The molecule has 1 saturated carbocycles. The van der Waals surface area contributed by atoms with E-state index in [1.165, 1.54) is 43.2 Å². The van der Waals surface area contributed by atoms with Crippen molar-refractivity contribution in [2.45, 2.75) is 43.3 Å². The summed E-state index contributed by atoms with van der Waals surface area (Å²) in [5.74, 6) is 1.81. The first-order valence-corrected chi connectivity index (χ1v) is 13.0. The maximum absolute atomic E-state index is 13.0. The molecule has 0 bridgehead atoms. The number of hydrogen-bond acceptors (Lipinski definition) is 8. The Bertz CT molecular complexity index is 1150. The van der Waals surface area contributed by atoms with Gasteiger partial charge in [-0.3, -0.25) is 19.5 Å².